The summed E-state index contributed by atoms with van der Waals surface area (Å²) in [7, 11) is 1.49. The van der Waals surface area contributed by atoms with Crippen LogP contribution in [0.4, 0.5) is 0 Å². The summed E-state index contributed by atoms with van der Waals surface area (Å²) in [6, 6.07) is 5.15. The zero-order valence-electron chi connectivity index (χ0n) is 11.3. The molecule has 4 nitrogen and oxygen atoms in total. The number of benzene rings is 1. The molecule has 0 spiro atoms. The molecule has 0 atom stereocenters. The second-order valence-electron chi connectivity index (χ2n) is 4.23. The van der Waals surface area contributed by atoms with Crippen molar-refractivity contribution < 1.29 is 14.6 Å². The van der Waals surface area contributed by atoms with Crippen molar-refractivity contribution in [2.75, 3.05) is 13.7 Å². The summed E-state index contributed by atoms with van der Waals surface area (Å²) < 4.78 is 5.61. The Morgan fingerprint density at radius 2 is 2.25 bits per heavy atom. The van der Waals surface area contributed by atoms with Gasteiger partial charge in [0.05, 0.1) is 12.0 Å². The zero-order valence-corrected chi connectivity index (χ0v) is 12.9. The van der Waals surface area contributed by atoms with E-state index in [0.717, 1.165) is 6.42 Å². The minimum absolute atomic E-state index is 0.0239. The lowest BCUT2D eigenvalue weighted by Gasteiger charge is -2.12. The summed E-state index contributed by atoms with van der Waals surface area (Å²) in [5.74, 6) is 0.294. The number of amides is 1. The van der Waals surface area contributed by atoms with E-state index in [-0.39, 0.29) is 11.7 Å². The monoisotopic (exact) mass is 309 g/mol. The molecule has 106 valence electrons. The van der Waals surface area contributed by atoms with Crippen LogP contribution in [0.2, 0.25) is 0 Å². The molecule has 1 saturated heterocycles. The van der Waals surface area contributed by atoms with E-state index in [4.69, 9.17) is 17.0 Å². The third-order valence-corrected chi connectivity index (χ3v) is 4.24. The van der Waals surface area contributed by atoms with Crippen LogP contribution in [0.15, 0.2) is 23.1 Å². The highest BCUT2D eigenvalue weighted by Crippen LogP contribution is 2.36. The molecule has 1 aliphatic rings. The lowest BCUT2D eigenvalue weighted by molar-refractivity contribution is -0.122. The molecule has 1 N–H and O–H groups in total. The van der Waals surface area contributed by atoms with Crippen molar-refractivity contribution in [1.29, 1.82) is 0 Å². The van der Waals surface area contributed by atoms with E-state index in [2.05, 4.69) is 0 Å². The maximum absolute atomic E-state index is 12.2. The molecule has 0 saturated carbocycles. The van der Waals surface area contributed by atoms with Crippen molar-refractivity contribution >= 4 is 40.3 Å². The molecule has 20 heavy (non-hydrogen) atoms. The molecule has 1 aromatic rings. The molecule has 1 aromatic carbocycles. The number of ether oxygens (including phenoxy) is 1. The van der Waals surface area contributed by atoms with Gasteiger partial charge < -0.3 is 9.84 Å². The average Bonchev–Trinajstić information content (AvgIpc) is 2.69. The van der Waals surface area contributed by atoms with Gasteiger partial charge in [-0.05, 0) is 18.6 Å². The molecule has 1 aliphatic heterocycles. The predicted molar refractivity (Wildman–Crippen MR) is 84.8 cm³/mol. The quantitative estimate of drug-likeness (QED) is 0.684. The van der Waals surface area contributed by atoms with E-state index < -0.39 is 0 Å². The molecule has 2 rings (SSSR count). The first-order chi connectivity index (χ1) is 9.58. The first-order valence-corrected chi connectivity index (χ1v) is 7.42. The summed E-state index contributed by atoms with van der Waals surface area (Å²) in [6.07, 6.45) is 2.50. The fraction of sp³-hybridized carbons (Fsp3) is 0.286. The lowest BCUT2D eigenvalue weighted by Crippen LogP contribution is -2.28. The molecule has 1 amide bonds. The van der Waals surface area contributed by atoms with Gasteiger partial charge in [0.15, 0.2) is 11.5 Å². The summed E-state index contributed by atoms with van der Waals surface area (Å²) in [4.78, 5) is 14.3. The Labute approximate surface area is 127 Å². The molecular weight excluding hydrogens is 294 g/mol. The second kappa shape index (κ2) is 6.28. The lowest BCUT2D eigenvalue weighted by atomic mass is 10.1. The van der Waals surface area contributed by atoms with Crippen LogP contribution in [0.5, 0.6) is 11.5 Å². The van der Waals surface area contributed by atoms with E-state index in [1.807, 2.05) is 6.92 Å². The van der Waals surface area contributed by atoms with Crippen molar-refractivity contribution in [1.82, 2.24) is 4.90 Å². The normalized spacial score (nSPS) is 17.1. The highest BCUT2D eigenvalue weighted by Gasteiger charge is 2.31. The number of methoxy groups -OCH3 is 1. The highest BCUT2D eigenvalue weighted by atomic mass is 32.2. The molecule has 6 heteroatoms. The Balaban J connectivity index is 2.33. The van der Waals surface area contributed by atoms with Crippen molar-refractivity contribution in [2.45, 2.75) is 13.3 Å². The number of carbonyl (C=O) groups is 1. The number of aromatic hydroxyl groups is 1. The number of thioether (sulfide) groups is 1. The van der Waals surface area contributed by atoms with Crippen molar-refractivity contribution in [3.05, 3.63) is 28.7 Å². The van der Waals surface area contributed by atoms with Gasteiger partial charge in [0.1, 0.15) is 4.32 Å². The zero-order chi connectivity index (χ0) is 14.7. The third kappa shape index (κ3) is 2.81. The Bertz CT molecular complexity index is 584. The fourth-order valence-corrected chi connectivity index (χ4v) is 3.18. The number of carbonyl (C=O) groups excluding carboxylic acids is 1. The van der Waals surface area contributed by atoms with Gasteiger partial charge in [0.25, 0.3) is 5.91 Å². The number of nitrogens with zero attached hydrogens (tertiary/aromatic N) is 1. The van der Waals surface area contributed by atoms with Crippen LogP contribution < -0.4 is 4.74 Å². The van der Waals surface area contributed by atoms with Crippen LogP contribution in [0.1, 0.15) is 18.9 Å². The van der Waals surface area contributed by atoms with Gasteiger partial charge >= 0.3 is 0 Å². The van der Waals surface area contributed by atoms with Gasteiger partial charge in [-0.15, -0.1) is 0 Å². The van der Waals surface area contributed by atoms with Crippen LogP contribution in [0, 0.1) is 0 Å². The van der Waals surface area contributed by atoms with E-state index >= 15 is 0 Å². The fourth-order valence-electron chi connectivity index (χ4n) is 1.88. The van der Waals surface area contributed by atoms with E-state index in [0.29, 0.717) is 27.1 Å². The standard InChI is InChI=1S/C14H15NO3S2/c1-3-7-15-13(17)11(20-14(15)19)8-9-5-4-6-10(18-2)12(9)16/h4-6,8,16H,3,7H2,1-2H3/b11-8-. The number of thiocarbonyl (C=S) groups is 1. The summed E-state index contributed by atoms with van der Waals surface area (Å²) in [5, 5.41) is 10.0. The summed E-state index contributed by atoms with van der Waals surface area (Å²) >= 11 is 6.45. The Morgan fingerprint density at radius 1 is 1.50 bits per heavy atom. The van der Waals surface area contributed by atoms with Crippen LogP contribution >= 0.6 is 24.0 Å². The highest BCUT2D eigenvalue weighted by molar-refractivity contribution is 8.26. The topological polar surface area (TPSA) is 49.8 Å². The summed E-state index contributed by atoms with van der Waals surface area (Å²) in [6.45, 7) is 2.61. The average molecular weight is 309 g/mol. The van der Waals surface area contributed by atoms with E-state index in [1.54, 1.807) is 29.2 Å². The van der Waals surface area contributed by atoms with Crippen LogP contribution in [-0.2, 0) is 4.79 Å². The maximum Gasteiger partial charge on any atom is 0.266 e. The predicted octanol–water partition coefficient (Wildman–Crippen LogP) is 3.01. The van der Waals surface area contributed by atoms with Gasteiger partial charge in [-0.3, -0.25) is 9.69 Å². The number of hydrogen-bond acceptors (Lipinski definition) is 5. The van der Waals surface area contributed by atoms with Gasteiger partial charge in [0, 0.05) is 12.1 Å². The van der Waals surface area contributed by atoms with E-state index in [1.165, 1.54) is 18.9 Å². The largest absolute Gasteiger partial charge is 0.504 e. The Kier molecular flexibility index (Phi) is 4.67. The van der Waals surface area contributed by atoms with Gasteiger partial charge in [-0.2, -0.15) is 0 Å². The van der Waals surface area contributed by atoms with Crippen LogP contribution in [0.3, 0.4) is 0 Å². The first-order valence-electron chi connectivity index (χ1n) is 6.19. The van der Waals surface area contributed by atoms with Crippen molar-refractivity contribution in [3.63, 3.8) is 0 Å². The molecule has 0 unspecified atom stereocenters. The first kappa shape index (κ1) is 14.9. The molecule has 0 radical (unpaired) electrons. The van der Waals surface area contributed by atoms with Gasteiger partial charge in [-0.25, -0.2) is 0 Å². The molecule has 0 bridgehead atoms. The third-order valence-electron chi connectivity index (χ3n) is 2.86. The van der Waals surface area contributed by atoms with Gasteiger partial charge in [-0.1, -0.05) is 43.0 Å². The molecular formula is C14H15NO3S2. The molecule has 1 heterocycles. The number of hydrogen-bond donors (Lipinski definition) is 1. The maximum atomic E-state index is 12.2. The van der Waals surface area contributed by atoms with Crippen LogP contribution in [0.25, 0.3) is 6.08 Å². The van der Waals surface area contributed by atoms with Gasteiger partial charge in [0.2, 0.25) is 0 Å². The molecule has 1 fully saturated rings. The molecule has 0 aromatic heterocycles. The summed E-state index contributed by atoms with van der Waals surface area (Å²) in [5.41, 5.74) is 0.543. The Morgan fingerprint density at radius 3 is 2.90 bits per heavy atom. The van der Waals surface area contributed by atoms with Crippen LogP contribution in [-0.4, -0.2) is 33.9 Å². The minimum atomic E-state index is -0.107. The number of rotatable bonds is 4. The number of phenolic OH excluding ortho intramolecular Hbond substituents is 1. The second-order valence-corrected chi connectivity index (χ2v) is 5.91. The SMILES string of the molecule is CCCN1C(=O)/C(=C/c2cccc(OC)c2O)SC1=S. The number of para-hydroxylation sites is 1. The minimum Gasteiger partial charge on any atom is -0.504 e. The molecule has 0 aliphatic carbocycles. The van der Waals surface area contributed by atoms with E-state index in [9.17, 15) is 9.90 Å². The van der Waals surface area contributed by atoms with Crippen molar-refractivity contribution in [2.24, 2.45) is 0 Å². The smallest absolute Gasteiger partial charge is 0.266 e. The Hall–Kier alpha value is -1.53. The number of phenols is 1. The van der Waals surface area contributed by atoms with Crippen molar-refractivity contribution in [3.8, 4) is 11.5 Å².